The molecule has 4 rings (SSSR count). The van der Waals surface area contributed by atoms with Crippen molar-refractivity contribution in [2.45, 2.75) is 51.5 Å². The standard InChI is InChI=1S/C28H37N3O3/c1-21-12-13-25(34-2)24(20-21)29-27(32)26(22-10-6-5-7-11-22)30-18-14-23(15-19-30)28(33)31-16-8-3-4-9-17-31/h5-7,10-13,20,23,26H,3-4,8-9,14-19H2,1-2H3,(H,29,32)/t26-/m0/s1. The van der Waals surface area contributed by atoms with Crippen LogP contribution < -0.4 is 10.1 Å². The van der Waals surface area contributed by atoms with E-state index in [0.717, 1.165) is 63.0 Å². The third-order valence-electron chi connectivity index (χ3n) is 7.14. The van der Waals surface area contributed by atoms with E-state index in [4.69, 9.17) is 4.74 Å². The quantitative estimate of drug-likeness (QED) is 0.669. The third-order valence-corrected chi connectivity index (χ3v) is 7.14. The van der Waals surface area contributed by atoms with Crippen molar-refractivity contribution in [1.82, 2.24) is 9.80 Å². The van der Waals surface area contributed by atoms with Gasteiger partial charge in [-0.1, -0.05) is 49.2 Å². The van der Waals surface area contributed by atoms with E-state index in [-0.39, 0.29) is 11.8 Å². The van der Waals surface area contributed by atoms with Gasteiger partial charge in [0.2, 0.25) is 11.8 Å². The number of nitrogens with zero attached hydrogens (tertiary/aromatic N) is 2. The van der Waals surface area contributed by atoms with Gasteiger partial charge in [-0.05, 0) is 69.0 Å². The lowest BCUT2D eigenvalue weighted by Crippen LogP contribution is -2.46. The maximum absolute atomic E-state index is 13.6. The molecule has 182 valence electrons. The molecule has 6 heteroatoms. The minimum atomic E-state index is -0.416. The van der Waals surface area contributed by atoms with Gasteiger partial charge in [0.05, 0.1) is 12.8 Å². The van der Waals surface area contributed by atoms with E-state index >= 15 is 0 Å². The molecule has 2 amide bonds. The Morgan fingerprint density at radius 1 is 0.941 bits per heavy atom. The molecule has 0 bridgehead atoms. The van der Waals surface area contributed by atoms with Gasteiger partial charge in [-0.25, -0.2) is 0 Å². The maximum atomic E-state index is 13.6. The highest BCUT2D eigenvalue weighted by atomic mass is 16.5. The van der Waals surface area contributed by atoms with Crippen molar-refractivity contribution >= 4 is 17.5 Å². The SMILES string of the molecule is COc1ccc(C)cc1NC(=O)[C@H](c1ccccc1)N1CCC(C(=O)N2CCCCCC2)CC1. The Morgan fingerprint density at radius 3 is 2.26 bits per heavy atom. The number of hydrogen-bond acceptors (Lipinski definition) is 4. The van der Waals surface area contributed by atoms with Crippen LogP contribution in [0.1, 0.15) is 55.7 Å². The van der Waals surface area contributed by atoms with Crippen LogP contribution in [-0.2, 0) is 9.59 Å². The Balaban J connectivity index is 1.47. The highest BCUT2D eigenvalue weighted by Crippen LogP contribution is 2.31. The lowest BCUT2D eigenvalue weighted by atomic mass is 9.92. The zero-order valence-corrected chi connectivity index (χ0v) is 20.5. The van der Waals surface area contributed by atoms with E-state index in [1.807, 2.05) is 55.5 Å². The first kappa shape index (κ1) is 24.3. The molecule has 1 N–H and O–H groups in total. The number of ether oxygens (including phenoxy) is 1. The lowest BCUT2D eigenvalue weighted by Gasteiger charge is -2.38. The van der Waals surface area contributed by atoms with Crippen molar-refractivity contribution in [3.63, 3.8) is 0 Å². The summed E-state index contributed by atoms with van der Waals surface area (Å²) in [6.45, 7) is 5.24. The van der Waals surface area contributed by atoms with Gasteiger partial charge in [-0.15, -0.1) is 0 Å². The first-order valence-corrected chi connectivity index (χ1v) is 12.6. The maximum Gasteiger partial charge on any atom is 0.246 e. The van der Waals surface area contributed by atoms with E-state index in [1.54, 1.807) is 7.11 Å². The first-order valence-electron chi connectivity index (χ1n) is 12.6. The number of aryl methyl sites for hydroxylation is 1. The van der Waals surface area contributed by atoms with Crippen LogP contribution in [0.2, 0.25) is 0 Å². The van der Waals surface area contributed by atoms with Gasteiger partial charge in [0.15, 0.2) is 0 Å². The lowest BCUT2D eigenvalue weighted by molar-refractivity contribution is -0.137. The number of carbonyl (C=O) groups is 2. The summed E-state index contributed by atoms with van der Waals surface area (Å²) in [5, 5.41) is 3.11. The second-order valence-electron chi connectivity index (χ2n) is 9.56. The third kappa shape index (κ3) is 5.79. The van der Waals surface area contributed by atoms with Crippen LogP contribution in [-0.4, -0.2) is 54.9 Å². The van der Waals surface area contributed by atoms with Gasteiger partial charge in [0.25, 0.3) is 0 Å². The summed E-state index contributed by atoms with van der Waals surface area (Å²) in [7, 11) is 1.61. The smallest absolute Gasteiger partial charge is 0.246 e. The summed E-state index contributed by atoms with van der Waals surface area (Å²) < 4.78 is 5.47. The van der Waals surface area contributed by atoms with Crippen molar-refractivity contribution in [3.8, 4) is 5.75 Å². The van der Waals surface area contributed by atoms with Gasteiger partial charge < -0.3 is 15.0 Å². The molecule has 2 saturated heterocycles. The molecule has 0 unspecified atom stereocenters. The Labute approximate surface area is 203 Å². The van der Waals surface area contributed by atoms with Gasteiger partial charge in [0.1, 0.15) is 11.8 Å². The molecule has 2 aromatic rings. The van der Waals surface area contributed by atoms with E-state index in [1.165, 1.54) is 12.8 Å². The van der Waals surface area contributed by atoms with Crippen LogP contribution in [0.15, 0.2) is 48.5 Å². The Kier molecular flexibility index (Phi) is 8.22. The summed E-state index contributed by atoms with van der Waals surface area (Å²) >= 11 is 0. The van der Waals surface area contributed by atoms with Crippen molar-refractivity contribution in [1.29, 1.82) is 0 Å². The first-order chi connectivity index (χ1) is 16.6. The van der Waals surface area contributed by atoms with E-state index < -0.39 is 6.04 Å². The molecular formula is C28H37N3O3. The average Bonchev–Trinajstić information content (AvgIpc) is 3.15. The molecule has 6 nitrogen and oxygen atoms in total. The predicted molar refractivity (Wildman–Crippen MR) is 135 cm³/mol. The minimum absolute atomic E-state index is 0.0608. The summed E-state index contributed by atoms with van der Waals surface area (Å²) in [6.07, 6.45) is 6.26. The Hall–Kier alpha value is -2.86. The molecule has 0 spiro atoms. The van der Waals surface area contributed by atoms with Gasteiger partial charge in [0, 0.05) is 19.0 Å². The number of anilines is 1. The molecular weight excluding hydrogens is 426 g/mol. The number of hydrogen-bond donors (Lipinski definition) is 1. The van der Waals surface area contributed by atoms with E-state index in [9.17, 15) is 9.59 Å². The highest BCUT2D eigenvalue weighted by Gasteiger charge is 2.35. The molecule has 2 aliphatic heterocycles. The number of carbonyl (C=O) groups excluding carboxylic acids is 2. The zero-order chi connectivity index (χ0) is 23.9. The second-order valence-corrected chi connectivity index (χ2v) is 9.56. The molecule has 2 heterocycles. The molecule has 2 aromatic carbocycles. The molecule has 0 radical (unpaired) electrons. The summed E-state index contributed by atoms with van der Waals surface area (Å²) in [5.41, 5.74) is 2.70. The molecule has 0 aromatic heterocycles. The van der Waals surface area contributed by atoms with Crippen LogP contribution >= 0.6 is 0 Å². The van der Waals surface area contributed by atoms with Crippen molar-refractivity contribution in [2.75, 3.05) is 38.6 Å². The number of amides is 2. The summed E-state index contributed by atoms with van der Waals surface area (Å²) in [4.78, 5) is 31.1. The number of methoxy groups -OCH3 is 1. The van der Waals surface area contributed by atoms with Gasteiger partial charge in [-0.3, -0.25) is 14.5 Å². The Morgan fingerprint density at radius 2 is 1.62 bits per heavy atom. The average molecular weight is 464 g/mol. The monoisotopic (exact) mass is 463 g/mol. The molecule has 34 heavy (non-hydrogen) atoms. The highest BCUT2D eigenvalue weighted by molar-refractivity contribution is 5.97. The fraction of sp³-hybridized carbons (Fsp3) is 0.500. The van der Waals surface area contributed by atoms with Crippen LogP contribution in [0.4, 0.5) is 5.69 Å². The largest absolute Gasteiger partial charge is 0.495 e. The van der Waals surface area contributed by atoms with E-state index in [0.29, 0.717) is 17.3 Å². The molecule has 2 fully saturated rings. The molecule has 0 aliphatic carbocycles. The second kappa shape index (κ2) is 11.5. The zero-order valence-electron chi connectivity index (χ0n) is 20.5. The van der Waals surface area contributed by atoms with Crippen LogP contribution in [0.3, 0.4) is 0 Å². The van der Waals surface area contributed by atoms with Crippen molar-refractivity contribution in [2.24, 2.45) is 5.92 Å². The predicted octanol–water partition coefficient (Wildman–Crippen LogP) is 4.80. The summed E-state index contributed by atoms with van der Waals surface area (Å²) in [6, 6.07) is 15.3. The fourth-order valence-corrected chi connectivity index (χ4v) is 5.24. The van der Waals surface area contributed by atoms with E-state index in [2.05, 4.69) is 15.1 Å². The number of likely N-dealkylation sites (tertiary alicyclic amines) is 2. The number of benzene rings is 2. The Bertz CT molecular complexity index is 962. The molecule has 2 aliphatic rings. The van der Waals surface area contributed by atoms with Crippen molar-refractivity contribution in [3.05, 3.63) is 59.7 Å². The van der Waals surface area contributed by atoms with Gasteiger partial charge in [-0.2, -0.15) is 0 Å². The normalized spacial score (nSPS) is 18.7. The molecule has 1 atom stereocenters. The number of rotatable bonds is 6. The fourth-order valence-electron chi connectivity index (χ4n) is 5.24. The minimum Gasteiger partial charge on any atom is -0.495 e. The molecule has 0 saturated carbocycles. The number of piperidine rings is 1. The number of nitrogens with one attached hydrogen (secondary N) is 1. The summed E-state index contributed by atoms with van der Waals surface area (Å²) in [5.74, 6) is 0.942. The van der Waals surface area contributed by atoms with Crippen LogP contribution in [0.5, 0.6) is 5.75 Å². The van der Waals surface area contributed by atoms with Gasteiger partial charge >= 0.3 is 0 Å². The van der Waals surface area contributed by atoms with Crippen LogP contribution in [0, 0.1) is 12.8 Å². The topological polar surface area (TPSA) is 61.9 Å². The van der Waals surface area contributed by atoms with Crippen LogP contribution in [0.25, 0.3) is 0 Å². The van der Waals surface area contributed by atoms with Crippen molar-refractivity contribution < 1.29 is 14.3 Å².